The summed E-state index contributed by atoms with van der Waals surface area (Å²) in [5, 5.41) is 3.58. The molecule has 7 heteroatoms. The summed E-state index contributed by atoms with van der Waals surface area (Å²) in [6, 6.07) is 5.95. The number of amides is 3. The van der Waals surface area contributed by atoms with Crippen LogP contribution in [-0.4, -0.2) is 24.8 Å². The van der Waals surface area contributed by atoms with Gasteiger partial charge in [0.1, 0.15) is 5.75 Å². The van der Waals surface area contributed by atoms with Crippen molar-refractivity contribution in [3.63, 3.8) is 0 Å². The third-order valence-corrected chi connectivity index (χ3v) is 1.65. The highest BCUT2D eigenvalue weighted by molar-refractivity contribution is 5.81. The Hall–Kier alpha value is -2.57. The van der Waals surface area contributed by atoms with E-state index in [0.29, 0.717) is 5.75 Å². The fourth-order valence-corrected chi connectivity index (χ4v) is 0.975. The average molecular weight is 236 g/mol. The molecule has 1 aromatic rings. The first kappa shape index (κ1) is 12.5. The quantitative estimate of drug-likeness (QED) is 0.474. The number of hydrogen-bond donors (Lipinski definition) is 3. The summed E-state index contributed by atoms with van der Waals surface area (Å²) in [5.41, 5.74) is 12.6. The summed E-state index contributed by atoms with van der Waals surface area (Å²) in [6.07, 6.45) is 1.42. The number of nitrogens with zero attached hydrogens (tertiary/aromatic N) is 1. The van der Waals surface area contributed by atoms with Crippen LogP contribution in [0.15, 0.2) is 29.4 Å². The molecule has 90 valence electrons. The minimum absolute atomic E-state index is 0.170. The Labute approximate surface area is 97.4 Å². The second kappa shape index (κ2) is 6.11. The number of benzene rings is 1. The second-order valence-electron chi connectivity index (χ2n) is 3.06. The van der Waals surface area contributed by atoms with Crippen molar-refractivity contribution in [3.8, 4) is 5.75 Å². The normalized spacial score (nSPS) is 10.1. The molecule has 0 unspecified atom stereocenters. The first-order chi connectivity index (χ1) is 8.08. The number of ether oxygens (including phenoxy) is 1. The van der Waals surface area contributed by atoms with Gasteiger partial charge in [0.25, 0.3) is 5.91 Å². The molecule has 7 nitrogen and oxygen atoms in total. The van der Waals surface area contributed by atoms with E-state index in [1.807, 2.05) is 0 Å². The highest BCUT2D eigenvalue weighted by Crippen LogP contribution is 2.10. The highest BCUT2D eigenvalue weighted by atomic mass is 16.5. The molecule has 17 heavy (non-hydrogen) atoms. The number of hydrogen-bond acceptors (Lipinski definition) is 4. The van der Waals surface area contributed by atoms with Crippen LogP contribution >= 0.6 is 0 Å². The second-order valence-corrected chi connectivity index (χ2v) is 3.06. The lowest BCUT2D eigenvalue weighted by Crippen LogP contribution is -2.24. The Kier molecular flexibility index (Phi) is 4.49. The van der Waals surface area contributed by atoms with E-state index >= 15 is 0 Å². The van der Waals surface area contributed by atoms with E-state index in [-0.39, 0.29) is 6.61 Å². The number of nitrogens with two attached hydrogens (primary N) is 2. The molecule has 0 aromatic heterocycles. The summed E-state index contributed by atoms with van der Waals surface area (Å²) in [5.74, 6) is -0.0230. The van der Waals surface area contributed by atoms with Gasteiger partial charge < -0.3 is 16.2 Å². The maximum atomic E-state index is 10.5. The Morgan fingerprint density at radius 1 is 1.29 bits per heavy atom. The summed E-state index contributed by atoms with van der Waals surface area (Å²) in [7, 11) is 0. The zero-order chi connectivity index (χ0) is 12.7. The molecule has 0 bridgehead atoms. The van der Waals surface area contributed by atoms with E-state index in [4.69, 9.17) is 16.2 Å². The molecule has 0 aliphatic rings. The topological polar surface area (TPSA) is 120 Å². The summed E-state index contributed by atoms with van der Waals surface area (Å²) < 4.78 is 5.06. The molecule has 1 rings (SSSR count). The maximum absolute atomic E-state index is 10.5. The fraction of sp³-hybridized carbons (Fsp3) is 0.100. The first-order valence-electron chi connectivity index (χ1n) is 4.67. The predicted octanol–water partition coefficient (Wildman–Crippen LogP) is -0.447. The van der Waals surface area contributed by atoms with Gasteiger partial charge in [-0.05, 0) is 29.8 Å². The molecule has 0 aliphatic carbocycles. The molecule has 0 saturated carbocycles. The smallest absolute Gasteiger partial charge is 0.332 e. The largest absolute Gasteiger partial charge is 0.484 e. The minimum atomic E-state index is -0.734. The predicted molar refractivity (Wildman–Crippen MR) is 61.4 cm³/mol. The van der Waals surface area contributed by atoms with Crippen LogP contribution in [0, 0.1) is 0 Å². The van der Waals surface area contributed by atoms with Crippen molar-refractivity contribution in [2.45, 2.75) is 0 Å². The Bertz CT molecular complexity index is 428. The third-order valence-electron chi connectivity index (χ3n) is 1.65. The van der Waals surface area contributed by atoms with Crippen molar-refractivity contribution in [1.82, 2.24) is 5.43 Å². The van der Waals surface area contributed by atoms with Crippen LogP contribution < -0.4 is 21.6 Å². The van der Waals surface area contributed by atoms with E-state index in [0.717, 1.165) is 5.56 Å². The monoisotopic (exact) mass is 236 g/mol. The van der Waals surface area contributed by atoms with Crippen LogP contribution in [0.4, 0.5) is 4.79 Å². The lowest BCUT2D eigenvalue weighted by Gasteiger charge is -2.03. The zero-order valence-corrected chi connectivity index (χ0v) is 8.92. The lowest BCUT2D eigenvalue weighted by atomic mass is 10.2. The Morgan fingerprint density at radius 2 is 1.94 bits per heavy atom. The number of hydrazone groups is 1. The summed E-state index contributed by atoms with van der Waals surface area (Å²) in [4.78, 5) is 20.8. The zero-order valence-electron chi connectivity index (χ0n) is 8.92. The number of urea groups is 1. The van der Waals surface area contributed by atoms with E-state index in [2.05, 4.69) is 10.5 Å². The van der Waals surface area contributed by atoms with E-state index in [9.17, 15) is 9.59 Å². The van der Waals surface area contributed by atoms with Gasteiger partial charge in [-0.25, -0.2) is 10.2 Å². The van der Waals surface area contributed by atoms with Crippen LogP contribution in [0.3, 0.4) is 0 Å². The maximum Gasteiger partial charge on any atom is 0.332 e. The van der Waals surface area contributed by atoms with Gasteiger partial charge in [-0.2, -0.15) is 5.10 Å². The van der Waals surface area contributed by atoms with Gasteiger partial charge in [0.05, 0.1) is 6.21 Å². The molecule has 0 radical (unpaired) electrons. The van der Waals surface area contributed by atoms with Crippen molar-refractivity contribution in [3.05, 3.63) is 29.8 Å². The van der Waals surface area contributed by atoms with Crippen molar-refractivity contribution in [2.75, 3.05) is 6.61 Å². The first-order valence-corrected chi connectivity index (χ1v) is 4.67. The van der Waals surface area contributed by atoms with Crippen molar-refractivity contribution in [2.24, 2.45) is 16.6 Å². The van der Waals surface area contributed by atoms with Gasteiger partial charge in [0.2, 0.25) is 0 Å². The van der Waals surface area contributed by atoms with Gasteiger partial charge in [0, 0.05) is 0 Å². The number of carbonyl (C=O) groups excluding carboxylic acids is 2. The number of carbonyl (C=O) groups is 2. The molecule has 0 spiro atoms. The number of rotatable bonds is 5. The van der Waals surface area contributed by atoms with Gasteiger partial charge in [-0.3, -0.25) is 4.79 Å². The van der Waals surface area contributed by atoms with Crippen molar-refractivity contribution >= 4 is 18.2 Å². The fourth-order valence-electron chi connectivity index (χ4n) is 0.975. The number of nitrogens with one attached hydrogen (secondary N) is 1. The van der Waals surface area contributed by atoms with Gasteiger partial charge in [0.15, 0.2) is 6.61 Å². The molecule has 1 aromatic carbocycles. The Morgan fingerprint density at radius 3 is 2.47 bits per heavy atom. The van der Waals surface area contributed by atoms with E-state index < -0.39 is 11.9 Å². The van der Waals surface area contributed by atoms with Crippen LogP contribution in [0.5, 0.6) is 5.75 Å². The Balaban J connectivity index is 2.52. The van der Waals surface area contributed by atoms with Crippen LogP contribution in [0.25, 0.3) is 0 Å². The van der Waals surface area contributed by atoms with Gasteiger partial charge in [-0.15, -0.1) is 0 Å². The van der Waals surface area contributed by atoms with Crippen LogP contribution in [-0.2, 0) is 4.79 Å². The lowest BCUT2D eigenvalue weighted by molar-refractivity contribution is -0.119. The molecule has 0 atom stereocenters. The SMILES string of the molecule is NC(=O)COc1ccc(C=NNC(N)=O)cc1. The minimum Gasteiger partial charge on any atom is -0.484 e. The summed E-state index contributed by atoms with van der Waals surface area (Å²) in [6.45, 7) is -0.170. The standard InChI is InChI=1S/C10H12N4O3/c11-9(15)6-17-8-3-1-7(2-4-8)5-13-14-10(12)16/h1-5H,6H2,(H2,11,15)(H3,12,14,16). The van der Waals surface area contributed by atoms with Crippen LogP contribution in [0.2, 0.25) is 0 Å². The van der Waals surface area contributed by atoms with E-state index in [1.165, 1.54) is 6.21 Å². The molecule has 3 amide bonds. The molecule has 0 heterocycles. The molecular formula is C10H12N4O3. The highest BCUT2D eigenvalue weighted by Gasteiger charge is 1.97. The average Bonchev–Trinajstić information content (AvgIpc) is 2.27. The van der Waals surface area contributed by atoms with Crippen molar-refractivity contribution in [1.29, 1.82) is 0 Å². The van der Waals surface area contributed by atoms with Crippen LogP contribution in [0.1, 0.15) is 5.56 Å². The molecule has 0 fully saturated rings. The van der Waals surface area contributed by atoms with Crippen molar-refractivity contribution < 1.29 is 14.3 Å². The van der Waals surface area contributed by atoms with E-state index in [1.54, 1.807) is 24.3 Å². The van der Waals surface area contributed by atoms with Gasteiger partial charge >= 0.3 is 6.03 Å². The van der Waals surface area contributed by atoms with Gasteiger partial charge in [-0.1, -0.05) is 0 Å². The molecule has 0 aliphatic heterocycles. The molecule has 5 N–H and O–H groups in total. The number of primary amides is 2. The molecule has 0 saturated heterocycles. The summed E-state index contributed by atoms with van der Waals surface area (Å²) >= 11 is 0. The third kappa shape index (κ3) is 5.17. The molecular weight excluding hydrogens is 224 g/mol.